The van der Waals surface area contributed by atoms with Crippen LogP contribution in [0.5, 0.6) is 0 Å². The first-order chi connectivity index (χ1) is 8.70. The summed E-state index contributed by atoms with van der Waals surface area (Å²) < 4.78 is 0. The summed E-state index contributed by atoms with van der Waals surface area (Å²) in [4.78, 5) is 9.14. The first-order valence-corrected chi connectivity index (χ1v) is 6.12. The normalized spacial score (nSPS) is 11.5. The van der Waals surface area contributed by atoms with Crippen molar-refractivity contribution in [2.45, 2.75) is 9.92 Å². The lowest BCUT2D eigenvalue weighted by atomic mass is 10.4. The second-order valence-electron chi connectivity index (χ2n) is 3.25. The van der Waals surface area contributed by atoms with E-state index in [4.69, 9.17) is 22.5 Å². The van der Waals surface area contributed by atoms with Crippen molar-refractivity contribution in [3.8, 4) is 0 Å². The van der Waals surface area contributed by atoms with Gasteiger partial charge in [0.2, 0.25) is 0 Å². The average Bonchev–Trinajstić information content (AvgIpc) is 2.41. The van der Waals surface area contributed by atoms with Gasteiger partial charge in [0.25, 0.3) is 0 Å². The fourth-order valence-corrected chi connectivity index (χ4v) is 2.23. The van der Waals surface area contributed by atoms with Crippen molar-refractivity contribution < 1.29 is 5.21 Å². The molecule has 7 heteroatoms. The Balaban J connectivity index is 2.32. The molecule has 0 radical (unpaired) electrons. The van der Waals surface area contributed by atoms with Crippen molar-refractivity contribution in [2.24, 2.45) is 10.9 Å². The predicted molar refractivity (Wildman–Crippen MR) is 70.1 cm³/mol. The van der Waals surface area contributed by atoms with Gasteiger partial charge in [-0.1, -0.05) is 28.5 Å². The fraction of sp³-hybridized carbons (Fsp3) is 0. The first kappa shape index (κ1) is 12.7. The van der Waals surface area contributed by atoms with Gasteiger partial charge in [0.1, 0.15) is 10.7 Å². The molecule has 1 aromatic carbocycles. The number of hydrogen-bond acceptors (Lipinski definition) is 5. The van der Waals surface area contributed by atoms with Crippen LogP contribution in [0.25, 0.3) is 0 Å². The van der Waals surface area contributed by atoms with Gasteiger partial charge in [0.15, 0.2) is 5.84 Å². The van der Waals surface area contributed by atoms with E-state index < -0.39 is 0 Å². The van der Waals surface area contributed by atoms with Gasteiger partial charge < -0.3 is 10.9 Å². The van der Waals surface area contributed by atoms with Gasteiger partial charge in [-0.25, -0.2) is 9.97 Å². The molecule has 0 aliphatic heterocycles. The lowest BCUT2D eigenvalue weighted by molar-refractivity contribution is 0.318. The van der Waals surface area contributed by atoms with Crippen LogP contribution in [0.15, 0.2) is 51.7 Å². The molecule has 0 aliphatic carbocycles. The molecule has 0 atom stereocenters. The summed E-state index contributed by atoms with van der Waals surface area (Å²) in [5.41, 5.74) is 5.88. The van der Waals surface area contributed by atoms with Crippen molar-refractivity contribution in [1.82, 2.24) is 9.97 Å². The molecule has 0 saturated carbocycles. The van der Waals surface area contributed by atoms with E-state index >= 15 is 0 Å². The van der Waals surface area contributed by atoms with E-state index in [-0.39, 0.29) is 5.84 Å². The fourth-order valence-electron chi connectivity index (χ4n) is 1.24. The molecule has 0 saturated heterocycles. The Hall–Kier alpha value is -1.79. The molecule has 2 aromatic rings. The predicted octanol–water partition coefficient (Wildman–Crippen LogP) is 2.38. The van der Waals surface area contributed by atoms with Gasteiger partial charge in [-0.05, 0) is 24.3 Å². The van der Waals surface area contributed by atoms with E-state index in [9.17, 15) is 0 Å². The molecule has 2 rings (SSSR count). The Morgan fingerprint density at radius 3 is 2.56 bits per heavy atom. The molecule has 0 amide bonds. The summed E-state index contributed by atoms with van der Waals surface area (Å²) in [7, 11) is 0. The summed E-state index contributed by atoms with van der Waals surface area (Å²) >= 11 is 7.17. The van der Waals surface area contributed by atoms with Crippen LogP contribution in [0.3, 0.4) is 0 Å². The maximum atomic E-state index is 8.68. The molecule has 0 fully saturated rings. The lowest BCUT2D eigenvalue weighted by Crippen LogP contribution is -2.16. The zero-order valence-corrected chi connectivity index (χ0v) is 10.7. The van der Waals surface area contributed by atoms with Crippen LogP contribution in [-0.2, 0) is 0 Å². The van der Waals surface area contributed by atoms with Gasteiger partial charge >= 0.3 is 0 Å². The summed E-state index contributed by atoms with van der Waals surface area (Å²) in [6, 6.07) is 7.28. The van der Waals surface area contributed by atoms with Crippen molar-refractivity contribution in [2.75, 3.05) is 0 Å². The Kier molecular flexibility index (Phi) is 4.01. The van der Waals surface area contributed by atoms with Gasteiger partial charge in [-0.3, -0.25) is 0 Å². The lowest BCUT2D eigenvalue weighted by Gasteiger charge is -2.05. The second kappa shape index (κ2) is 5.70. The number of rotatable bonds is 3. The van der Waals surface area contributed by atoms with Crippen molar-refractivity contribution >= 4 is 29.2 Å². The van der Waals surface area contributed by atoms with Crippen molar-refractivity contribution in [3.05, 3.63) is 47.4 Å². The van der Waals surface area contributed by atoms with E-state index in [1.165, 1.54) is 18.0 Å². The van der Waals surface area contributed by atoms with Crippen LogP contribution in [-0.4, -0.2) is 21.0 Å². The molecule has 18 heavy (non-hydrogen) atoms. The molecule has 1 aromatic heterocycles. The van der Waals surface area contributed by atoms with Crippen molar-refractivity contribution in [3.63, 3.8) is 0 Å². The highest BCUT2D eigenvalue weighted by Crippen LogP contribution is 2.28. The maximum absolute atomic E-state index is 8.68. The summed E-state index contributed by atoms with van der Waals surface area (Å²) in [5, 5.41) is 12.8. The molecule has 92 valence electrons. The second-order valence-corrected chi connectivity index (χ2v) is 4.75. The maximum Gasteiger partial charge on any atom is 0.191 e. The number of halogens is 1. The summed E-state index contributed by atoms with van der Waals surface area (Å²) in [6.45, 7) is 0. The van der Waals surface area contributed by atoms with E-state index in [0.717, 1.165) is 4.90 Å². The number of amidine groups is 1. The van der Waals surface area contributed by atoms with Gasteiger partial charge in [-0.15, -0.1) is 0 Å². The van der Waals surface area contributed by atoms with Gasteiger partial charge in [0, 0.05) is 22.3 Å². The van der Waals surface area contributed by atoms with Crippen LogP contribution in [0.1, 0.15) is 5.69 Å². The van der Waals surface area contributed by atoms with E-state index in [1.807, 2.05) is 12.1 Å². The average molecular weight is 281 g/mol. The molecule has 0 bridgehead atoms. The van der Waals surface area contributed by atoms with Crippen LogP contribution in [0, 0.1) is 0 Å². The summed E-state index contributed by atoms with van der Waals surface area (Å²) in [5.74, 6) is -0.0698. The number of benzene rings is 1. The molecular formula is C11H9ClN4OS. The van der Waals surface area contributed by atoms with Crippen molar-refractivity contribution in [1.29, 1.82) is 0 Å². The highest BCUT2D eigenvalue weighted by Gasteiger charge is 2.11. The SMILES string of the molecule is N/C(=N/O)c1nccnc1Sc1ccc(Cl)cc1. The minimum absolute atomic E-state index is 0.0698. The minimum Gasteiger partial charge on any atom is -0.409 e. The van der Waals surface area contributed by atoms with Crippen LogP contribution in [0.2, 0.25) is 5.02 Å². The Bertz CT molecular complexity index is 574. The Morgan fingerprint density at radius 1 is 1.22 bits per heavy atom. The van der Waals surface area contributed by atoms with E-state index in [0.29, 0.717) is 15.7 Å². The third kappa shape index (κ3) is 2.91. The smallest absolute Gasteiger partial charge is 0.191 e. The van der Waals surface area contributed by atoms with Crippen LogP contribution < -0.4 is 5.73 Å². The summed E-state index contributed by atoms with van der Waals surface area (Å²) in [6.07, 6.45) is 3.03. The molecular weight excluding hydrogens is 272 g/mol. The number of oxime groups is 1. The molecule has 3 N–H and O–H groups in total. The quantitative estimate of drug-likeness (QED) is 0.390. The monoisotopic (exact) mass is 280 g/mol. The molecule has 1 heterocycles. The highest BCUT2D eigenvalue weighted by molar-refractivity contribution is 7.99. The van der Waals surface area contributed by atoms with Gasteiger partial charge in [-0.2, -0.15) is 0 Å². The Morgan fingerprint density at radius 2 is 1.89 bits per heavy atom. The van der Waals surface area contributed by atoms with Crippen LogP contribution in [0.4, 0.5) is 0 Å². The molecule has 0 spiro atoms. The standard InChI is InChI=1S/C11H9ClN4OS/c12-7-1-3-8(4-2-7)18-11-9(10(13)16-17)14-5-6-15-11/h1-6,17H,(H2,13,16). The largest absolute Gasteiger partial charge is 0.409 e. The minimum atomic E-state index is -0.0698. The third-order valence-corrected chi connectivity index (χ3v) is 3.30. The zero-order valence-electron chi connectivity index (χ0n) is 9.12. The number of hydrogen-bond donors (Lipinski definition) is 2. The number of aromatic nitrogens is 2. The third-order valence-electron chi connectivity index (χ3n) is 2.04. The number of nitrogens with two attached hydrogens (primary N) is 1. The first-order valence-electron chi connectivity index (χ1n) is 4.93. The topological polar surface area (TPSA) is 84.4 Å². The van der Waals surface area contributed by atoms with E-state index in [2.05, 4.69) is 15.1 Å². The Labute approximate surface area is 113 Å². The highest BCUT2D eigenvalue weighted by atomic mass is 35.5. The molecule has 5 nitrogen and oxygen atoms in total. The van der Waals surface area contributed by atoms with E-state index in [1.54, 1.807) is 18.3 Å². The van der Waals surface area contributed by atoms with Gasteiger partial charge in [0.05, 0.1) is 0 Å². The molecule has 0 unspecified atom stereocenters. The zero-order chi connectivity index (χ0) is 13.0. The number of nitrogens with zero attached hydrogens (tertiary/aromatic N) is 3. The van der Waals surface area contributed by atoms with Crippen LogP contribution >= 0.6 is 23.4 Å². The molecule has 0 aliphatic rings.